The predicted octanol–water partition coefficient (Wildman–Crippen LogP) is 3.75. The van der Waals surface area contributed by atoms with Crippen molar-refractivity contribution >= 4 is 29.2 Å². The molecule has 164 valence electrons. The number of ether oxygens (including phenoxy) is 3. The van der Waals surface area contributed by atoms with Crippen LogP contribution in [0, 0.1) is 0 Å². The summed E-state index contributed by atoms with van der Waals surface area (Å²) in [7, 11) is 2.79. The highest BCUT2D eigenvalue weighted by Gasteiger charge is 2.14. The van der Waals surface area contributed by atoms with E-state index >= 15 is 0 Å². The summed E-state index contributed by atoms with van der Waals surface area (Å²) < 4.78 is 15.4. The van der Waals surface area contributed by atoms with E-state index in [1.165, 1.54) is 14.2 Å². The standard InChI is InChI=1S/C24H22N2O6/c1-30-20-9-5-6-10-21(20)32-15-22(27)25-17-13-11-16(12-14-17)23(28)26-19-8-4-3-7-18(19)24(29)31-2/h3-14H,15H2,1-2H3,(H,25,27)(H,26,28). The highest BCUT2D eigenvalue weighted by Crippen LogP contribution is 2.25. The second-order valence-corrected chi connectivity index (χ2v) is 6.56. The Hall–Kier alpha value is -4.33. The van der Waals surface area contributed by atoms with Crippen LogP contribution in [-0.4, -0.2) is 38.6 Å². The van der Waals surface area contributed by atoms with Crippen LogP contribution in [0.2, 0.25) is 0 Å². The zero-order valence-corrected chi connectivity index (χ0v) is 17.6. The van der Waals surface area contributed by atoms with Crippen LogP contribution < -0.4 is 20.1 Å². The van der Waals surface area contributed by atoms with E-state index in [1.807, 2.05) is 0 Å². The largest absolute Gasteiger partial charge is 0.493 e. The minimum Gasteiger partial charge on any atom is -0.493 e. The molecule has 2 amide bonds. The van der Waals surface area contributed by atoms with E-state index in [4.69, 9.17) is 14.2 Å². The molecule has 8 heteroatoms. The van der Waals surface area contributed by atoms with Gasteiger partial charge >= 0.3 is 5.97 Å². The third kappa shape index (κ3) is 5.63. The molecule has 3 aromatic carbocycles. The van der Waals surface area contributed by atoms with Gasteiger partial charge < -0.3 is 24.8 Å². The van der Waals surface area contributed by atoms with Crippen LogP contribution in [0.5, 0.6) is 11.5 Å². The maximum absolute atomic E-state index is 12.5. The normalized spacial score (nSPS) is 10.1. The second kappa shape index (κ2) is 10.6. The monoisotopic (exact) mass is 434 g/mol. The van der Waals surface area contributed by atoms with Crippen molar-refractivity contribution in [1.82, 2.24) is 0 Å². The maximum Gasteiger partial charge on any atom is 0.339 e. The third-order valence-electron chi connectivity index (χ3n) is 4.44. The molecule has 3 aromatic rings. The maximum atomic E-state index is 12.5. The molecule has 0 saturated carbocycles. The molecule has 32 heavy (non-hydrogen) atoms. The number of nitrogens with one attached hydrogen (secondary N) is 2. The number of para-hydroxylation sites is 3. The van der Waals surface area contributed by atoms with Crippen LogP contribution in [0.3, 0.4) is 0 Å². The van der Waals surface area contributed by atoms with E-state index in [2.05, 4.69) is 10.6 Å². The van der Waals surface area contributed by atoms with Gasteiger partial charge in [0.15, 0.2) is 18.1 Å². The molecule has 0 aliphatic carbocycles. The van der Waals surface area contributed by atoms with Gasteiger partial charge in [0.2, 0.25) is 0 Å². The Bertz CT molecular complexity index is 1110. The van der Waals surface area contributed by atoms with Gasteiger partial charge in [-0.2, -0.15) is 0 Å². The fourth-order valence-corrected chi connectivity index (χ4v) is 2.86. The summed E-state index contributed by atoms with van der Waals surface area (Å²) in [5.74, 6) is -0.318. The highest BCUT2D eigenvalue weighted by molar-refractivity contribution is 6.08. The fourth-order valence-electron chi connectivity index (χ4n) is 2.86. The number of esters is 1. The number of hydrogen-bond donors (Lipinski definition) is 2. The van der Waals surface area contributed by atoms with Crippen LogP contribution in [0.1, 0.15) is 20.7 Å². The van der Waals surface area contributed by atoms with Crippen molar-refractivity contribution in [3.63, 3.8) is 0 Å². The molecule has 0 saturated heterocycles. The van der Waals surface area contributed by atoms with Crippen LogP contribution in [-0.2, 0) is 9.53 Å². The first kappa shape index (κ1) is 22.4. The van der Waals surface area contributed by atoms with Crippen molar-refractivity contribution in [3.8, 4) is 11.5 Å². The molecule has 2 N–H and O–H groups in total. The SMILES string of the molecule is COC(=O)c1ccccc1NC(=O)c1ccc(NC(=O)COc2ccccc2OC)cc1. The van der Waals surface area contributed by atoms with Gasteiger partial charge in [-0.25, -0.2) is 4.79 Å². The summed E-state index contributed by atoms with van der Waals surface area (Å²) in [5, 5.41) is 5.39. The smallest absolute Gasteiger partial charge is 0.339 e. The summed E-state index contributed by atoms with van der Waals surface area (Å²) in [6.45, 7) is -0.201. The van der Waals surface area contributed by atoms with Crippen LogP contribution >= 0.6 is 0 Å². The Kier molecular flexibility index (Phi) is 7.42. The van der Waals surface area contributed by atoms with Gasteiger partial charge in [-0.3, -0.25) is 9.59 Å². The number of methoxy groups -OCH3 is 2. The second-order valence-electron chi connectivity index (χ2n) is 6.56. The summed E-state index contributed by atoms with van der Waals surface area (Å²) in [5.41, 5.74) is 1.45. The minimum atomic E-state index is -0.547. The molecular weight excluding hydrogens is 412 g/mol. The molecule has 0 heterocycles. The van der Waals surface area contributed by atoms with E-state index in [0.29, 0.717) is 28.4 Å². The molecule has 0 aromatic heterocycles. The van der Waals surface area contributed by atoms with Crippen molar-refractivity contribution in [1.29, 1.82) is 0 Å². The molecule has 0 aliphatic heterocycles. The average molecular weight is 434 g/mol. The lowest BCUT2D eigenvalue weighted by atomic mass is 10.1. The lowest BCUT2D eigenvalue weighted by molar-refractivity contribution is -0.118. The van der Waals surface area contributed by atoms with Gasteiger partial charge in [0.05, 0.1) is 25.5 Å². The van der Waals surface area contributed by atoms with Crippen molar-refractivity contribution in [2.75, 3.05) is 31.5 Å². The summed E-state index contributed by atoms with van der Waals surface area (Å²) in [6, 6.07) is 19.9. The molecule has 0 fully saturated rings. The van der Waals surface area contributed by atoms with E-state index in [9.17, 15) is 14.4 Å². The van der Waals surface area contributed by atoms with Gasteiger partial charge in [0.1, 0.15) is 0 Å². The van der Waals surface area contributed by atoms with Crippen LogP contribution in [0.25, 0.3) is 0 Å². The Morgan fingerprint density at radius 3 is 2.12 bits per heavy atom. The van der Waals surface area contributed by atoms with Gasteiger partial charge in [0.25, 0.3) is 11.8 Å². The average Bonchev–Trinajstić information content (AvgIpc) is 2.83. The van der Waals surface area contributed by atoms with Crippen LogP contribution in [0.4, 0.5) is 11.4 Å². The molecule has 3 rings (SSSR count). The topological polar surface area (TPSA) is 103 Å². The van der Waals surface area contributed by atoms with Crippen molar-refractivity contribution in [2.45, 2.75) is 0 Å². The highest BCUT2D eigenvalue weighted by atomic mass is 16.5. The Balaban J connectivity index is 1.58. The molecule has 0 spiro atoms. The number of carbonyl (C=O) groups is 3. The Morgan fingerprint density at radius 2 is 1.44 bits per heavy atom. The fraction of sp³-hybridized carbons (Fsp3) is 0.125. The summed E-state index contributed by atoms with van der Waals surface area (Å²) in [4.78, 5) is 36.6. The zero-order valence-electron chi connectivity index (χ0n) is 17.6. The first-order chi connectivity index (χ1) is 15.5. The van der Waals surface area contributed by atoms with Crippen molar-refractivity contribution < 1.29 is 28.6 Å². The first-order valence-electron chi connectivity index (χ1n) is 9.66. The predicted molar refractivity (Wildman–Crippen MR) is 119 cm³/mol. The van der Waals surface area contributed by atoms with E-state index < -0.39 is 11.9 Å². The number of hydrogen-bond acceptors (Lipinski definition) is 6. The molecule has 0 unspecified atom stereocenters. The van der Waals surface area contributed by atoms with Crippen molar-refractivity contribution in [2.24, 2.45) is 0 Å². The molecule has 8 nitrogen and oxygen atoms in total. The number of anilines is 2. The lowest BCUT2D eigenvalue weighted by Crippen LogP contribution is -2.20. The summed E-state index contributed by atoms with van der Waals surface area (Å²) in [6.07, 6.45) is 0. The van der Waals surface area contributed by atoms with Crippen LogP contribution in [0.15, 0.2) is 72.8 Å². The Morgan fingerprint density at radius 1 is 0.781 bits per heavy atom. The number of carbonyl (C=O) groups excluding carboxylic acids is 3. The van der Waals surface area contributed by atoms with E-state index in [-0.39, 0.29) is 18.1 Å². The number of amides is 2. The molecule has 0 aliphatic rings. The minimum absolute atomic E-state index is 0.201. The molecule has 0 atom stereocenters. The third-order valence-corrected chi connectivity index (χ3v) is 4.44. The number of benzene rings is 3. The zero-order chi connectivity index (χ0) is 22.9. The summed E-state index contributed by atoms with van der Waals surface area (Å²) >= 11 is 0. The number of rotatable bonds is 8. The van der Waals surface area contributed by atoms with E-state index in [1.54, 1.807) is 72.8 Å². The lowest BCUT2D eigenvalue weighted by Gasteiger charge is -2.11. The van der Waals surface area contributed by atoms with Crippen molar-refractivity contribution in [3.05, 3.63) is 83.9 Å². The van der Waals surface area contributed by atoms with Gasteiger partial charge in [-0.15, -0.1) is 0 Å². The first-order valence-corrected chi connectivity index (χ1v) is 9.66. The van der Waals surface area contributed by atoms with Gasteiger partial charge in [-0.1, -0.05) is 24.3 Å². The van der Waals surface area contributed by atoms with Gasteiger partial charge in [-0.05, 0) is 48.5 Å². The Labute approximate surface area is 185 Å². The quantitative estimate of drug-likeness (QED) is 0.524. The molecule has 0 radical (unpaired) electrons. The van der Waals surface area contributed by atoms with E-state index in [0.717, 1.165) is 0 Å². The molecular formula is C24H22N2O6. The van der Waals surface area contributed by atoms with Gasteiger partial charge in [0, 0.05) is 11.3 Å². The molecule has 0 bridgehead atoms.